The van der Waals surface area contributed by atoms with Gasteiger partial charge in [0.2, 0.25) is 0 Å². The third-order valence-corrected chi connectivity index (χ3v) is 2.98. The van der Waals surface area contributed by atoms with E-state index in [1.165, 1.54) is 0 Å². The van der Waals surface area contributed by atoms with Crippen LogP contribution in [0.4, 0.5) is 0 Å². The molecule has 0 bridgehead atoms. The number of aliphatic hydroxyl groups is 1. The SMILES string of the molecule is CCN(CC)CCC(O)c1cnn(CC)c1. The highest BCUT2D eigenvalue weighted by atomic mass is 16.3. The van der Waals surface area contributed by atoms with E-state index in [4.69, 9.17) is 0 Å². The van der Waals surface area contributed by atoms with Crippen LogP contribution in [0, 0.1) is 0 Å². The maximum Gasteiger partial charge on any atom is 0.0832 e. The highest BCUT2D eigenvalue weighted by molar-refractivity contribution is 5.07. The molecule has 1 atom stereocenters. The third-order valence-electron chi connectivity index (χ3n) is 2.98. The molecule has 0 saturated carbocycles. The molecule has 0 saturated heterocycles. The predicted octanol–water partition coefficient (Wildman–Crippen LogP) is 1.67. The van der Waals surface area contributed by atoms with Crippen LogP contribution in [-0.2, 0) is 6.54 Å². The zero-order chi connectivity index (χ0) is 12.0. The molecule has 1 heterocycles. The zero-order valence-corrected chi connectivity index (χ0v) is 10.6. The second-order valence-electron chi connectivity index (χ2n) is 3.96. The van der Waals surface area contributed by atoms with Crippen molar-refractivity contribution in [2.75, 3.05) is 19.6 Å². The summed E-state index contributed by atoms with van der Waals surface area (Å²) in [5, 5.41) is 14.2. The lowest BCUT2D eigenvalue weighted by molar-refractivity contribution is 0.145. The fraction of sp³-hybridized carbons (Fsp3) is 0.750. The summed E-state index contributed by atoms with van der Waals surface area (Å²) in [7, 11) is 0. The summed E-state index contributed by atoms with van der Waals surface area (Å²) in [4.78, 5) is 2.31. The van der Waals surface area contributed by atoms with Crippen molar-refractivity contribution >= 4 is 0 Å². The van der Waals surface area contributed by atoms with Gasteiger partial charge in [-0.25, -0.2) is 0 Å². The molecule has 4 heteroatoms. The summed E-state index contributed by atoms with van der Waals surface area (Å²) in [5.41, 5.74) is 0.925. The molecule has 92 valence electrons. The first-order valence-electron chi connectivity index (χ1n) is 6.14. The van der Waals surface area contributed by atoms with Crippen LogP contribution >= 0.6 is 0 Å². The molecular formula is C12H23N3O. The van der Waals surface area contributed by atoms with Crippen LogP contribution in [0.3, 0.4) is 0 Å². The van der Waals surface area contributed by atoms with E-state index < -0.39 is 0 Å². The molecule has 16 heavy (non-hydrogen) atoms. The van der Waals surface area contributed by atoms with Gasteiger partial charge in [-0.05, 0) is 26.4 Å². The molecule has 0 aromatic carbocycles. The Kier molecular flexibility index (Phi) is 5.49. The van der Waals surface area contributed by atoms with Crippen LogP contribution in [0.25, 0.3) is 0 Å². The van der Waals surface area contributed by atoms with Crippen molar-refractivity contribution in [3.05, 3.63) is 18.0 Å². The Morgan fingerprint density at radius 2 is 2.06 bits per heavy atom. The van der Waals surface area contributed by atoms with E-state index in [1.807, 2.05) is 17.8 Å². The van der Waals surface area contributed by atoms with E-state index in [-0.39, 0.29) is 6.10 Å². The molecule has 0 aliphatic heterocycles. The van der Waals surface area contributed by atoms with Crippen molar-refractivity contribution in [1.82, 2.24) is 14.7 Å². The summed E-state index contributed by atoms with van der Waals surface area (Å²) >= 11 is 0. The summed E-state index contributed by atoms with van der Waals surface area (Å²) in [6.07, 6.45) is 4.07. The second-order valence-corrected chi connectivity index (χ2v) is 3.96. The van der Waals surface area contributed by atoms with Crippen LogP contribution < -0.4 is 0 Å². The van der Waals surface area contributed by atoms with Crippen LogP contribution in [0.15, 0.2) is 12.4 Å². The van der Waals surface area contributed by atoms with Gasteiger partial charge in [0.25, 0.3) is 0 Å². The van der Waals surface area contributed by atoms with Crippen molar-refractivity contribution in [3.63, 3.8) is 0 Å². The maximum atomic E-state index is 9.99. The van der Waals surface area contributed by atoms with E-state index in [0.717, 1.165) is 38.2 Å². The molecular weight excluding hydrogens is 202 g/mol. The monoisotopic (exact) mass is 225 g/mol. The summed E-state index contributed by atoms with van der Waals surface area (Å²) in [5.74, 6) is 0. The summed E-state index contributed by atoms with van der Waals surface area (Å²) in [6, 6.07) is 0. The zero-order valence-electron chi connectivity index (χ0n) is 10.6. The van der Waals surface area contributed by atoms with Gasteiger partial charge in [-0.3, -0.25) is 4.68 Å². The highest BCUT2D eigenvalue weighted by Gasteiger charge is 2.11. The van der Waals surface area contributed by atoms with Gasteiger partial charge >= 0.3 is 0 Å². The number of nitrogens with zero attached hydrogens (tertiary/aromatic N) is 3. The molecule has 1 N–H and O–H groups in total. The number of aliphatic hydroxyl groups excluding tert-OH is 1. The Bertz CT molecular complexity index is 294. The first-order chi connectivity index (χ1) is 7.71. The Morgan fingerprint density at radius 3 is 2.56 bits per heavy atom. The topological polar surface area (TPSA) is 41.3 Å². The van der Waals surface area contributed by atoms with Crippen molar-refractivity contribution < 1.29 is 5.11 Å². The Balaban J connectivity index is 2.42. The number of aryl methyl sites for hydroxylation is 1. The smallest absolute Gasteiger partial charge is 0.0832 e. The molecule has 4 nitrogen and oxygen atoms in total. The van der Waals surface area contributed by atoms with Gasteiger partial charge in [0.1, 0.15) is 0 Å². The molecule has 1 aromatic heterocycles. The van der Waals surface area contributed by atoms with Gasteiger partial charge in [-0.2, -0.15) is 5.10 Å². The molecule has 0 spiro atoms. The van der Waals surface area contributed by atoms with E-state index in [1.54, 1.807) is 6.20 Å². The van der Waals surface area contributed by atoms with E-state index >= 15 is 0 Å². The van der Waals surface area contributed by atoms with E-state index in [9.17, 15) is 5.11 Å². The van der Waals surface area contributed by atoms with Gasteiger partial charge in [0, 0.05) is 24.8 Å². The average molecular weight is 225 g/mol. The van der Waals surface area contributed by atoms with Gasteiger partial charge in [-0.1, -0.05) is 13.8 Å². The lowest BCUT2D eigenvalue weighted by Crippen LogP contribution is -2.25. The summed E-state index contributed by atoms with van der Waals surface area (Å²) in [6.45, 7) is 10.2. The third kappa shape index (κ3) is 3.61. The predicted molar refractivity (Wildman–Crippen MR) is 65.3 cm³/mol. The first-order valence-corrected chi connectivity index (χ1v) is 6.14. The maximum absolute atomic E-state index is 9.99. The van der Waals surface area contributed by atoms with E-state index in [2.05, 4.69) is 23.8 Å². The Morgan fingerprint density at radius 1 is 1.38 bits per heavy atom. The van der Waals surface area contributed by atoms with Gasteiger partial charge in [0.05, 0.1) is 12.3 Å². The number of hydrogen-bond donors (Lipinski definition) is 1. The average Bonchev–Trinajstić information content (AvgIpc) is 2.78. The number of hydrogen-bond acceptors (Lipinski definition) is 3. The normalized spacial score (nSPS) is 13.3. The standard InChI is InChI=1S/C12H23N3O/c1-4-14(5-2)8-7-12(16)11-9-13-15(6-3)10-11/h9-10,12,16H,4-8H2,1-3H3. The molecule has 1 aromatic rings. The van der Waals surface area contributed by atoms with Crippen LogP contribution in [-0.4, -0.2) is 39.4 Å². The molecule has 0 radical (unpaired) electrons. The van der Waals surface area contributed by atoms with Crippen LogP contribution in [0.1, 0.15) is 38.9 Å². The van der Waals surface area contributed by atoms with Crippen molar-refractivity contribution in [1.29, 1.82) is 0 Å². The summed E-state index contributed by atoms with van der Waals surface area (Å²) < 4.78 is 1.84. The van der Waals surface area contributed by atoms with Crippen molar-refractivity contribution in [3.8, 4) is 0 Å². The van der Waals surface area contributed by atoms with Gasteiger partial charge in [-0.15, -0.1) is 0 Å². The fourth-order valence-corrected chi connectivity index (χ4v) is 1.74. The van der Waals surface area contributed by atoms with Gasteiger partial charge < -0.3 is 10.0 Å². The number of rotatable bonds is 7. The van der Waals surface area contributed by atoms with Gasteiger partial charge in [0.15, 0.2) is 0 Å². The molecule has 0 aliphatic carbocycles. The fourth-order valence-electron chi connectivity index (χ4n) is 1.74. The van der Waals surface area contributed by atoms with Crippen molar-refractivity contribution in [2.45, 2.75) is 39.8 Å². The number of aromatic nitrogens is 2. The van der Waals surface area contributed by atoms with Crippen LogP contribution in [0.5, 0.6) is 0 Å². The molecule has 0 aliphatic rings. The van der Waals surface area contributed by atoms with Crippen molar-refractivity contribution in [2.24, 2.45) is 0 Å². The molecule has 0 fully saturated rings. The minimum Gasteiger partial charge on any atom is -0.388 e. The minimum absolute atomic E-state index is 0.388. The molecule has 1 rings (SSSR count). The van der Waals surface area contributed by atoms with Crippen LogP contribution in [0.2, 0.25) is 0 Å². The highest BCUT2D eigenvalue weighted by Crippen LogP contribution is 2.15. The first kappa shape index (κ1) is 13.2. The lowest BCUT2D eigenvalue weighted by Gasteiger charge is -2.19. The molecule has 1 unspecified atom stereocenters. The lowest BCUT2D eigenvalue weighted by atomic mass is 10.1. The minimum atomic E-state index is -0.388. The Labute approximate surface area is 97.9 Å². The Hall–Kier alpha value is -0.870. The quantitative estimate of drug-likeness (QED) is 0.767. The largest absolute Gasteiger partial charge is 0.388 e. The molecule has 0 amide bonds. The van der Waals surface area contributed by atoms with E-state index in [0.29, 0.717) is 0 Å². The second kappa shape index (κ2) is 6.66.